The zero-order chi connectivity index (χ0) is 12.0. The van der Waals surface area contributed by atoms with E-state index in [1.807, 2.05) is 11.9 Å². The van der Waals surface area contributed by atoms with E-state index in [2.05, 4.69) is 46.4 Å². The summed E-state index contributed by atoms with van der Waals surface area (Å²) >= 11 is 0. The molecular weight excluding hydrogens is 188 g/mol. The lowest BCUT2D eigenvalue weighted by molar-refractivity contribution is -0.127. The molecule has 1 atom stereocenters. The monoisotopic (exact) mass is 212 g/mol. The molecule has 1 rings (SSSR count). The van der Waals surface area contributed by atoms with Gasteiger partial charge < -0.3 is 4.90 Å². The fourth-order valence-electron chi connectivity index (χ4n) is 2.34. The Kier molecular flexibility index (Phi) is 2.90. The summed E-state index contributed by atoms with van der Waals surface area (Å²) < 4.78 is 0. The second-order valence-electron chi connectivity index (χ2n) is 6.54. The van der Waals surface area contributed by atoms with Crippen LogP contribution in [0.1, 0.15) is 41.5 Å². The maximum absolute atomic E-state index is 11.8. The Morgan fingerprint density at radius 2 is 1.60 bits per heavy atom. The van der Waals surface area contributed by atoms with Crippen LogP contribution in [-0.4, -0.2) is 41.0 Å². The summed E-state index contributed by atoms with van der Waals surface area (Å²) in [7, 11) is 1.91. The molecule has 0 aromatic heterocycles. The number of likely N-dealkylation sites (N-methyl/N-ethyl adjacent to an activating group) is 1. The maximum atomic E-state index is 11.8. The lowest BCUT2D eigenvalue weighted by Crippen LogP contribution is -2.53. The van der Waals surface area contributed by atoms with Crippen LogP contribution in [0, 0.1) is 5.41 Å². The van der Waals surface area contributed by atoms with Gasteiger partial charge in [0.2, 0.25) is 5.91 Å². The van der Waals surface area contributed by atoms with Crippen LogP contribution < -0.4 is 0 Å². The molecule has 0 aromatic rings. The fraction of sp³-hybridized carbons (Fsp3) is 0.917. The van der Waals surface area contributed by atoms with Crippen LogP contribution in [0.5, 0.6) is 0 Å². The first-order valence-corrected chi connectivity index (χ1v) is 5.57. The Bertz CT molecular complexity index is 260. The number of carbonyl (C=O) groups is 1. The number of carbonyl (C=O) groups excluding carboxylic acids is 1. The van der Waals surface area contributed by atoms with Crippen molar-refractivity contribution in [3.05, 3.63) is 0 Å². The van der Waals surface area contributed by atoms with Gasteiger partial charge in [-0.25, -0.2) is 0 Å². The van der Waals surface area contributed by atoms with Crippen LogP contribution in [0.4, 0.5) is 0 Å². The normalized spacial score (nSPS) is 25.1. The predicted octanol–water partition coefficient (Wildman–Crippen LogP) is 1.93. The van der Waals surface area contributed by atoms with Crippen molar-refractivity contribution in [3.63, 3.8) is 0 Å². The van der Waals surface area contributed by atoms with Gasteiger partial charge >= 0.3 is 0 Å². The van der Waals surface area contributed by atoms with Gasteiger partial charge in [-0.3, -0.25) is 9.69 Å². The Morgan fingerprint density at radius 1 is 1.13 bits per heavy atom. The number of nitrogens with zero attached hydrogens (tertiary/aromatic N) is 2. The fourth-order valence-corrected chi connectivity index (χ4v) is 2.34. The Hall–Kier alpha value is -0.570. The topological polar surface area (TPSA) is 23.6 Å². The first-order chi connectivity index (χ1) is 6.55. The molecule has 0 bridgehead atoms. The molecule has 1 fully saturated rings. The van der Waals surface area contributed by atoms with Crippen LogP contribution in [0.2, 0.25) is 0 Å². The summed E-state index contributed by atoms with van der Waals surface area (Å²) in [6, 6.07) is 0. The molecule has 15 heavy (non-hydrogen) atoms. The maximum Gasteiger partial charge on any atom is 0.237 e. The highest BCUT2D eigenvalue weighted by atomic mass is 16.2. The predicted molar refractivity (Wildman–Crippen MR) is 62.5 cm³/mol. The average Bonchev–Trinajstić information content (AvgIpc) is 2.25. The van der Waals surface area contributed by atoms with Crippen LogP contribution in [0.3, 0.4) is 0 Å². The summed E-state index contributed by atoms with van der Waals surface area (Å²) in [4.78, 5) is 15.9. The first kappa shape index (κ1) is 12.5. The SMILES string of the molecule is CN1C(=O)CN(C(C)(C)C)C1C(C)(C)C. The van der Waals surface area contributed by atoms with Gasteiger partial charge in [-0.2, -0.15) is 0 Å². The quantitative estimate of drug-likeness (QED) is 0.612. The Balaban J connectivity index is 3.03. The van der Waals surface area contributed by atoms with Gasteiger partial charge in [0.05, 0.1) is 12.7 Å². The molecule has 1 amide bonds. The van der Waals surface area contributed by atoms with Gasteiger partial charge in [0.1, 0.15) is 0 Å². The lowest BCUT2D eigenvalue weighted by atomic mass is 9.89. The zero-order valence-corrected chi connectivity index (χ0v) is 11.1. The molecule has 1 unspecified atom stereocenters. The first-order valence-electron chi connectivity index (χ1n) is 5.57. The summed E-state index contributed by atoms with van der Waals surface area (Å²) in [5.41, 5.74) is 0.132. The molecule has 0 aliphatic carbocycles. The van der Waals surface area contributed by atoms with Gasteiger partial charge in [-0.1, -0.05) is 20.8 Å². The zero-order valence-electron chi connectivity index (χ0n) is 11.1. The minimum Gasteiger partial charge on any atom is -0.328 e. The summed E-state index contributed by atoms with van der Waals surface area (Å²) in [5, 5.41) is 0. The van der Waals surface area contributed by atoms with Crippen molar-refractivity contribution in [2.75, 3.05) is 13.6 Å². The van der Waals surface area contributed by atoms with Crippen molar-refractivity contribution < 1.29 is 4.79 Å². The molecule has 1 aliphatic heterocycles. The van der Waals surface area contributed by atoms with E-state index in [9.17, 15) is 4.79 Å². The second kappa shape index (κ2) is 3.48. The standard InChI is InChI=1S/C12H24N2O/c1-11(2,3)10-13(7)9(15)8-14(10)12(4,5)6/h10H,8H2,1-7H3. The highest BCUT2D eigenvalue weighted by molar-refractivity contribution is 5.80. The molecule has 0 spiro atoms. The van der Waals surface area contributed by atoms with E-state index in [0.717, 1.165) is 0 Å². The highest BCUT2D eigenvalue weighted by Gasteiger charge is 2.46. The van der Waals surface area contributed by atoms with Gasteiger partial charge in [0.15, 0.2) is 0 Å². The van der Waals surface area contributed by atoms with Crippen LogP contribution in [0.15, 0.2) is 0 Å². The lowest BCUT2D eigenvalue weighted by Gasteiger charge is -2.44. The number of hydrogen-bond donors (Lipinski definition) is 0. The van der Waals surface area contributed by atoms with E-state index in [0.29, 0.717) is 6.54 Å². The minimum atomic E-state index is 0.0400. The highest BCUT2D eigenvalue weighted by Crippen LogP contribution is 2.34. The Morgan fingerprint density at radius 3 is 1.87 bits per heavy atom. The van der Waals surface area contributed by atoms with E-state index in [1.54, 1.807) is 0 Å². The van der Waals surface area contributed by atoms with E-state index in [1.165, 1.54) is 0 Å². The van der Waals surface area contributed by atoms with Crippen molar-refractivity contribution in [2.45, 2.75) is 53.2 Å². The third kappa shape index (κ3) is 2.33. The van der Waals surface area contributed by atoms with Crippen molar-refractivity contribution in [1.29, 1.82) is 0 Å². The third-order valence-corrected chi connectivity index (χ3v) is 3.00. The number of amides is 1. The summed E-state index contributed by atoms with van der Waals surface area (Å²) in [5.74, 6) is 0.227. The molecule has 0 radical (unpaired) electrons. The molecule has 0 N–H and O–H groups in total. The smallest absolute Gasteiger partial charge is 0.237 e. The van der Waals surface area contributed by atoms with Crippen LogP contribution in [-0.2, 0) is 4.79 Å². The van der Waals surface area contributed by atoms with Gasteiger partial charge in [-0.05, 0) is 26.2 Å². The third-order valence-electron chi connectivity index (χ3n) is 3.00. The molecule has 0 aromatic carbocycles. The van der Waals surface area contributed by atoms with E-state index < -0.39 is 0 Å². The van der Waals surface area contributed by atoms with Crippen molar-refractivity contribution in [3.8, 4) is 0 Å². The van der Waals surface area contributed by atoms with Crippen molar-refractivity contribution >= 4 is 5.91 Å². The van der Waals surface area contributed by atoms with Crippen LogP contribution in [0.25, 0.3) is 0 Å². The molecule has 3 nitrogen and oxygen atoms in total. The number of hydrogen-bond acceptors (Lipinski definition) is 2. The van der Waals surface area contributed by atoms with Crippen molar-refractivity contribution in [2.24, 2.45) is 5.41 Å². The molecule has 3 heteroatoms. The molecule has 88 valence electrons. The Labute approximate surface area is 93.4 Å². The van der Waals surface area contributed by atoms with Gasteiger partial charge in [-0.15, -0.1) is 0 Å². The molecule has 0 saturated carbocycles. The molecule has 1 aliphatic rings. The molecule has 1 saturated heterocycles. The summed E-state index contributed by atoms with van der Waals surface area (Å²) in [6.45, 7) is 13.6. The van der Waals surface area contributed by atoms with E-state index in [4.69, 9.17) is 0 Å². The van der Waals surface area contributed by atoms with Crippen LogP contribution >= 0.6 is 0 Å². The average molecular weight is 212 g/mol. The van der Waals surface area contributed by atoms with E-state index in [-0.39, 0.29) is 23.0 Å². The molecular formula is C12H24N2O. The van der Waals surface area contributed by atoms with Gasteiger partial charge in [0, 0.05) is 12.6 Å². The van der Waals surface area contributed by atoms with E-state index >= 15 is 0 Å². The molecule has 1 heterocycles. The number of rotatable bonds is 0. The largest absolute Gasteiger partial charge is 0.328 e. The van der Waals surface area contributed by atoms with Crippen molar-refractivity contribution in [1.82, 2.24) is 9.80 Å². The second-order valence-corrected chi connectivity index (χ2v) is 6.54. The minimum absolute atomic E-state index is 0.0400. The van der Waals surface area contributed by atoms with Gasteiger partial charge in [0.25, 0.3) is 0 Å². The summed E-state index contributed by atoms with van der Waals surface area (Å²) in [6.07, 6.45) is 0.199.